The van der Waals surface area contributed by atoms with Gasteiger partial charge in [0, 0.05) is 18.2 Å². The van der Waals surface area contributed by atoms with Crippen molar-refractivity contribution in [3.8, 4) is 5.75 Å². The van der Waals surface area contributed by atoms with Gasteiger partial charge in [-0.15, -0.1) is 0 Å². The molecule has 0 atom stereocenters. The maximum Gasteiger partial charge on any atom is 0.471 e. The first-order chi connectivity index (χ1) is 11.2. The van der Waals surface area contributed by atoms with Gasteiger partial charge in [-0.1, -0.05) is 0 Å². The largest absolute Gasteiger partial charge is 0.483 e. The van der Waals surface area contributed by atoms with E-state index in [4.69, 9.17) is 4.74 Å². The molecule has 1 fully saturated rings. The summed E-state index contributed by atoms with van der Waals surface area (Å²) >= 11 is 0. The number of amides is 1. The number of nitro benzene ring substituents is 1. The Bertz CT molecular complexity index is 628. The number of hydrogen-bond donors (Lipinski definition) is 1. The van der Waals surface area contributed by atoms with E-state index in [0.717, 1.165) is 18.2 Å². The number of nitro groups is 1. The van der Waals surface area contributed by atoms with Gasteiger partial charge in [0.15, 0.2) is 5.75 Å². The van der Waals surface area contributed by atoms with Crippen LogP contribution in [-0.4, -0.2) is 29.2 Å². The second kappa shape index (κ2) is 7.02. The van der Waals surface area contributed by atoms with Crippen LogP contribution in [0.3, 0.4) is 0 Å². The monoisotopic (exact) mass is 350 g/mol. The van der Waals surface area contributed by atoms with Crippen molar-refractivity contribution >= 4 is 11.6 Å². The van der Waals surface area contributed by atoms with Gasteiger partial charge >= 0.3 is 17.8 Å². The van der Waals surface area contributed by atoms with Gasteiger partial charge in [-0.05, 0) is 31.7 Å². The minimum Gasteiger partial charge on any atom is -0.483 e. The maximum absolute atomic E-state index is 13.2. The zero-order valence-electron chi connectivity index (χ0n) is 12.3. The first-order valence-corrected chi connectivity index (χ1v) is 7.15. The summed E-state index contributed by atoms with van der Waals surface area (Å²) in [5, 5.41) is 12.8. The Hall–Kier alpha value is -2.39. The molecule has 1 N–H and O–H groups in total. The zero-order valence-corrected chi connectivity index (χ0v) is 12.3. The predicted octanol–water partition coefficient (Wildman–Crippen LogP) is 3.10. The number of nitrogens with one attached hydrogen (secondary N) is 1. The molecule has 0 bridgehead atoms. The molecular formula is C14H14F4N2O4. The van der Waals surface area contributed by atoms with Crippen LogP contribution in [0.5, 0.6) is 5.75 Å². The van der Waals surface area contributed by atoms with Crippen molar-refractivity contribution in [3.05, 3.63) is 34.1 Å². The number of carbonyl (C=O) groups is 1. The second-order valence-corrected chi connectivity index (χ2v) is 5.43. The highest BCUT2D eigenvalue weighted by atomic mass is 19.4. The number of nitrogens with zero attached hydrogens (tertiary/aromatic N) is 1. The lowest BCUT2D eigenvalue weighted by Gasteiger charge is -2.29. The first kappa shape index (κ1) is 18.0. The minimum absolute atomic E-state index is 0.220. The summed E-state index contributed by atoms with van der Waals surface area (Å²) in [6, 6.07) is 2.19. The summed E-state index contributed by atoms with van der Waals surface area (Å²) in [6.45, 7) is 0. The number of hydrogen-bond acceptors (Lipinski definition) is 4. The Kier molecular flexibility index (Phi) is 5.25. The van der Waals surface area contributed by atoms with Crippen molar-refractivity contribution in [1.82, 2.24) is 5.32 Å². The highest BCUT2D eigenvalue weighted by Crippen LogP contribution is 2.31. The summed E-state index contributed by atoms with van der Waals surface area (Å²) in [5.41, 5.74) is -0.385. The van der Waals surface area contributed by atoms with Gasteiger partial charge in [0.05, 0.1) is 11.0 Å². The van der Waals surface area contributed by atoms with Crippen LogP contribution in [0.2, 0.25) is 0 Å². The number of halogens is 4. The van der Waals surface area contributed by atoms with E-state index >= 15 is 0 Å². The molecule has 0 unspecified atom stereocenters. The highest BCUT2D eigenvalue weighted by Gasteiger charge is 2.40. The molecule has 0 heterocycles. The summed E-state index contributed by atoms with van der Waals surface area (Å²) in [5.74, 6) is -2.91. The minimum atomic E-state index is -4.93. The molecule has 132 valence electrons. The van der Waals surface area contributed by atoms with Gasteiger partial charge in [0.2, 0.25) is 0 Å². The predicted molar refractivity (Wildman–Crippen MR) is 73.9 cm³/mol. The molecule has 10 heteroatoms. The molecule has 1 saturated carbocycles. The number of carbonyl (C=O) groups excluding carboxylic acids is 1. The van der Waals surface area contributed by atoms with E-state index in [9.17, 15) is 32.5 Å². The molecule has 1 amide bonds. The van der Waals surface area contributed by atoms with Gasteiger partial charge in [-0.2, -0.15) is 13.2 Å². The molecule has 1 aromatic rings. The average molecular weight is 350 g/mol. The smallest absolute Gasteiger partial charge is 0.471 e. The van der Waals surface area contributed by atoms with Gasteiger partial charge in [0.25, 0.3) is 0 Å². The Labute approximate surface area is 133 Å². The molecule has 0 saturated heterocycles. The lowest BCUT2D eigenvalue weighted by molar-refractivity contribution is -0.386. The van der Waals surface area contributed by atoms with Gasteiger partial charge < -0.3 is 10.1 Å². The highest BCUT2D eigenvalue weighted by molar-refractivity contribution is 5.81. The van der Waals surface area contributed by atoms with Crippen LogP contribution >= 0.6 is 0 Å². The zero-order chi connectivity index (χ0) is 17.9. The molecule has 1 aliphatic rings. The fraction of sp³-hybridized carbons (Fsp3) is 0.500. The molecule has 2 rings (SSSR count). The maximum atomic E-state index is 13.2. The van der Waals surface area contributed by atoms with E-state index < -0.39 is 35.0 Å². The molecule has 0 aliphatic heterocycles. The number of rotatable bonds is 4. The van der Waals surface area contributed by atoms with Crippen LogP contribution in [-0.2, 0) is 4.79 Å². The fourth-order valence-corrected chi connectivity index (χ4v) is 2.50. The Morgan fingerprint density at radius 2 is 1.88 bits per heavy atom. The summed E-state index contributed by atoms with van der Waals surface area (Å²) in [6.07, 6.45) is -4.39. The molecular weight excluding hydrogens is 336 g/mol. The van der Waals surface area contributed by atoms with Crippen molar-refractivity contribution in [2.24, 2.45) is 0 Å². The van der Waals surface area contributed by atoms with Gasteiger partial charge in [0.1, 0.15) is 5.82 Å². The lowest BCUT2D eigenvalue weighted by Crippen LogP contribution is -2.45. The number of alkyl halides is 3. The molecule has 0 aromatic heterocycles. The van der Waals surface area contributed by atoms with Crippen molar-refractivity contribution in [1.29, 1.82) is 0 Å². The van der Waals surface area contributed by atoms with Crippen LogP contribution in [0, 0.1) is 15.9 Å². The topological polar surface area (TPSA) is 81.5 Å². The van der Waals surface area contributed by atoms with Crippen molar-refractivity contribution < 1.29 is 32.0 Å². The quantitative estimate of drug-likeness (QED) is 0.514. The van der Waals surface area contributed by atoms with Crippen molar-refractivity contribution in [2.75, 3.05) is 0 Å². The van der Waals surface area contributed by atoms with Crippen LogP contribution in [0.25, 0.3) is 0 Å². The summed E-state index contributed by atoms with van der Waals surface area (Å²) in [7, 11) is 0. The lowest BCUT2D eigenvalue weighted by atomic mass is 9.93. The molecule has 1 aromatic carbocycles. The molecule has 24 heavy (non-hydrogen) atoms. The molecule has 0 spiro atoms. The van der Waals surface area contributed by atoms with E-state index in [1.807, 2.05) is 5.32 Å². The Morgan fingerprint density at radius 1 is 1.25 bits per heavy atom. The van der Waals surface area contributed by atoms with Crippen LogP contribution in [0.15, 0.2) is 18.2 Å². The van der Waals surface area contributed by atoms with Crippen molar-refractivity contribution in [3.63, 3.8) is 0 Å². The van der Waals surface area contributed by atoms with Crippen LogP contribution in [0.1, 0.15) is 25.7 Å². The Balaban J connectivity index is 1.93. The third-order valence-corrected chi connectivity index (χ3v) is 3.68. The van der Waals surface area contributed by atoms with Gasteiger partial charge in [-0.3, -0.25) is 14.9 Å². The molecule has 6 nitrogen and oxygen atoms in total. The van der Waals surface area contributed by atoms with E-state index in [1.54, 1.807) is 0 Å². The van der Waals surface area contributed by atoms with Crippen LogP contribution in [0.4, 0.5) is 23.2 Å². The fourth-order valence-electron chi connectivity index (χ4n) is 2.50. The third kappa shape index (κ3) is 4.56. The number of ether oxygens (including phenoxy) is 1. The van der Waals surface area contributed by atoms with E-state index in [-0.39, 0.29) is 37.1 Å². The van der Waals surface area contributed by atoms with Gasteiger partial charge in [-0.25, -0.2) is 4.39 Å². The SMILES string of the molecule is O=C(N[C@H]1CC[C@H](Oc2cc(F)ccc2[N+](=O)[O-])CC1)C(F)(F)F. The summed E-state index contributed by atoms with van der Waals surface area (Å²) in [4.78, 5) is 21.1. The average Bonchev–Trinajstić information content (AvgIpc) is 2.48. The van der Waals surface area contributed by atoms with E-state index in [1.165, 1.54) is 0 Å². The molecule has 1 aliphatic carbocycles. The van der Waals surface area contributed by atoms with E-state index in [2.05, 4.69) is 0 Å². The first-order valence-electron chi connectivity index (χ1n) is 7.15. The normalized spacial score (nSPS) is 21.2. The van der Waals surface area contributed by atoms with E-state index in [0.29, 0.717) is 0 Å². The summed E-state index contributed by atoms with van der Waals surface area (Å²) < 4.78 is 55.2. The van der Waals surface area contributed by atoms with Crippen molar-refractivity contribution in [2.45, 2.75) is 44.0 Å². The molecule has 0 radical (unpaired) electrons. The second-order valence-electron chi connectivity index (χ2n) is 5.43. The number of benzene rings is 1. The van der Waals surface area contributed by atoms with Crippen LogP contribution < -0.4 is 10.1 Å². The standard InChI is InChI=1S/C14H14F4N2O4/c15-8-1-6-11(20(22)23)12(7-8)24-10-4-2-9(3-5-10)19-13(21)14(16,17)18/h1,6-7,9-10H,2-5H2,(H,19,21)/t9-,10-. The third-order valence-electron chi connectivity index (χ3n) is 3.68. The Morgan fingerprint density at radius 3 is 2.42 bits per heavy atom.